The standard InChI is InChI=1S/C11H15NO4/c1-7-5-9(16-11(7)14)15-6-8-3-2-4-12-10(8)13/h5,8-9H,2-4,6H2,1H3,(H,12,13). The van der Waals surface area contributed by atoms with Crippen molar-refractivity contribution in [2.75, 3.05) is 13.2 Å². The van der Waals surface area contributed by atoms with Crippen molar-refractivity contribution < 1.29 is 19.1 Å². The van der Waals surface area contributed by atoms with E-state index in [0.717, 1.165) is 19.4 Å². The Kier molecular flexibility index (Phi) is 3.24. The zero-order valence-corrected chi connectivity index (χ0v) is 9.19. The van der Waals surface area contributed by atoms with Gasteiger partial charge in [0, 0.05) is 12.1 Å². The lowest BCUT2D eigenvalue weighted by molar-refractivity contribution is -0.161. The Labute approximate surface area is 93.8 Å². The first-order valence-corrected chi connectivity index (χ1v) is 5.45. The fourth-order valence-electron chi connectivity index (χ4n) is 1.79. The van der Waals surface area contributed by atoms with Crippen LogP contribution in [0.4, 0.5) is 0 Å². The average molecular weight is 225 g/mol. The quantitative estimate of drug-likeness (QED) is 0.704. The molecule has 1 N–H and O–H groups in total. The van der Waals surface area contributed by atoms with Crippen molar-refractivity contribution in [3.63, 3.8) is 0 Å². The zero-order valence-electron chi connectivity index (χ0n) is 9.19. The minimum absolute atomic E-state index is 0.0243. The average Bonchev–Trinajstić information content (AvgIpc) is 2.57. The molecule has 2 heterocycles. The molecule has 16 heavy (non-hydrogen) atoms. The van der Waals surface area contributed by atoms with Gasteiger partial charge in [-0.3, -0.25) is 4.79 Å². The Hall–Kier alpha value is -1.36. The number of amides is 1. The summed E-state index contributed by atoms with van der Waals surface area (Å²) in [5.41, 5.74) is 0.554. The van der Waals surface area contributed by atoms with Crippen LogP contribution >= 0.6 is 0 Å². The van der Waals surface area contributed by atoms with Gasteiger partial charge in [0.2, 0.25) is 12.2 Å². The van der Waals surface area contributed by atoms with Crippen molar-refractivity contribution in [3.05, 3.63) is 11.6 Å². The van der Waals surface area contributed by atoms with E-state index in [9.17, 15) is 9.59 Å². The molecule has 0 aliphatic carbocycles. The van der Waals surface area contributed by atoms with Gasteiger partial charge in [0.05, 0.1) is 12.5 Å². The third-order valence-corrected chi connectivity index (χ3v) is 2.79. The lowest BCUT2D eigenvalue weighted by atomic mass is 10.00. The van der Waals surface area contributed by atoms with Crippen LogP contribution in [0.5, 0.6) is 0 Å². The molecule has 2 aliphatic rings. The molecule has 0 aromatic heterocycles. The van der Waals surface area contributed by atoms with Crippen molar-refractivity contribution in [3.8, 4) is 0 Å². The number of hydrogen-bond acceptors (Lipinski definition) is 4. The number of nitrogens with one attached hydrogen (secondary N) is 1. The number of cyclic esters (lactones) is 1. The Bertz CT molecular complexity index is 337. The predicted octanol–water partition coefficient (Wildman–Crippen LogP) is 0.358. The molecular weight excluding hydrogens is 210 g/mol. The highest BCUT2D eigenvalue weighted by molar-refractivity contribution is 5.89. The van der Waals surface area contributed by atoms with E-state index in [0.29, 0.717) is 12.2 Å². The van der Waals surface area contributed by atoms with Crippen molar-refractivity contribution in [1.82, 2.24) is 5.32 Å². The number of carbonyl (C=O) groups is 2. The molecule has 0 radical (unpaired) electrons. The maximum absolute atomic E-state index is 11.4. The number of esters is 1. The summed E-state index contributed by atoms with van der Waals surface area (Å²) in [7, 11) is 0. The Morgan fingerprint density at radius 3 is 3.00 bits per heavy atom. The van der Waals surface area contributed by atoms with Crippen LogP contribution < -0.4 is 5.32 Å². The number of hydrogen-bond donors (Lipinski definition) is 1. The van der Waals surface area contributed by atoms with E-state index in [1.165, 1.54) is 0 Å². The lowest BCUT2D eigenvalue weighted by Crippen LogP contribution is -2.39. The number of piperidine rings is 1. The van der Waals surface area contributed by atoms with E-state index >= 15 is 0 Å². The van der Waals surface area contributed by atoms with Crippen LogP contribution in [0.15, 0.2) is 11.6 Å². The zero-order chi connectivity index (χ0) is 11.5. The van der Waals surface area contributed by atoms with E-state index in [4.69, 9.17) is 9.47 Å². The van der Waals surface area contributed by atoms with E-state index in [2.05, 4.69) is 5.32 Å². The predicted molar refractivity (Wildman–Crippen MR) is 55.3 cm³/mol. The molecule has 2 atom stereocenters. The molecule has 0 bridgehead atoms. The second-order valence-electron chi connectivity index (χ2n) is 4.09. The van der Waals surface area contributed by atoms with E-state index in [-0.39, 0.29) is 17.8 Å². The summed E-state index contributed by atoms with van der Waals surface area (Å²) in [4.78, 5) is 22.5. The van der Waals surface area contributed by atoms with Gasteiger partial charge in [-0.05, 0) is 25.8 Å². The van der Waals surface area contributed by atoms with Gasteiger partial charge < -0.3 is 14.8 Å². The molecular formula is C11H15NO4. The summed E-state index contributed by atoms with van der Waals surface area (Å²) >= 11 is 0. The molecule has 0 spiro atoms. The highest BCUT2D eigenvalue weighted by Gasteiger charge is 2.27. The van der Waals surface area contributed by atoms with Gasteiger partial charge in [-0.1, -0.05) is 0 Å². The summed E-state index contributed by atoms with van der Waals surface area (Å²) < 4.78 is 10.3. The smallest absolute Gasteiger partial charge is 0.336 e. The molecule has 1 amide bonds. The van der Waals surface area contributed by atoms with Crippen LogP contribution in [0.25, 0.3) is 0 Å². The van der Waals surface area contributed by atoms with E-state index in [1.54, 1.807) is 13.0 Å². The summed E-state index contributed by atoms with van der Waals surface area (Å²) in [6, 6.07) is 0. The minimum Gasteiger partial charge on any atom is -0.429 e. The van der Waals surface area contributed by atoms with Gasteiger partial charge in [-0.25, -0.2) is 4.79 Å². The Balaban J connectivity index is 1.79. The maximum Gasteiger partial charge on any atom is 0.336 e. The number of carbonyl (C=O) groups excluding carboxylic acids is 2. The molecule has 0 aromatic carbocycles. The van der Waals surface area contributed by atoms with Crippen LogP contribution in [0, 0.1) is 5.92 Å². The van der Waals surface area contributed by atoms with Gasteiger partial charge >= 0.3 is 5.97 Å². The molecule has 2 unspecified atom stereocenters. The monoisotopic (exact) mass is 225 g/mol. The molecule has 1 fully saturated rings. The van der Waals surface area contributed by atoms with Gasteiger partial charge in [0.25, 0.3) is 0 Å². The summed E-state index contributed by atoms with van der Waals surface area (Å²) in [5.74, 6) is -0.448. The topological polar surface area (TPSA) is 64.6 Å². The normalized spacial score (nSPS) is 29.7. The van der Waals surface area contributed by atoms with Crippen LogP contribution in [-0.4, -0.2) is 31.3 Å². The summed E-state index contributed by atoms with van der Waals surface area (Å²) in [6.07, 6.45) is 2.80. The third kappa shape index (κ3) is 2.41. The number of ether oxygens (including phenoxy) is 2. The number of rotatable bonds is 3. The summed E-state index contributed by atoms with van der Waals surface area (Å²) in [6.45, 7) is 2.72. The van der Waals surface area contributed by atoms with Crippen LogP contribution in [0.3, 0.4) is 0 Å². The largest absolute Gasteiger partial charge is 0.429 e. The first-order chi connectivity index (χ1) is 7.66. The fraction of sp³-hybridized carbons (Fsp3) is 0.636. The van der Waals surface area contributed by atoms with Gasteiger partial charge in [0.1, 0.15) is 0 Å². The molecule has 88 valence electrons. The Morgan fingerprint density at radius 2 is 2.38 bits per heavy atom. The van der Waals surface area contributed by atoms with E-state index in [1.807, 2.05) is 0 Å². The van der Waals surface area contributed by atoms with Crippen molar-refractivity contribution >= 4 is 11.9 Å². The second-order valence-corrected chi connectivity index (χ2v) is 4.09. The molecule has 1 saturated heterocycles. The van der Waals surface area contributed by atoms with Crippen molar-refractivity contribution in [2.24, 2.45) is 5.92 Å². The van der Waals surface area contributed by atoms with Gasteiger partial charge in [-0.15, -0.1) is 0 Å². The first kappa shape index (κ1) is 11.1. The van der Waals surface area contributed by atoms with Gasteiger partial charge in [-0.2, -0.15) is 0 Å². The fourth-order valence-corrected chi connectivity index (χ4v) is 1.79. The SMILES string of the molecule is CC1=CC(OCC2CCCNC2=O)OC1=O. The van der Waals surface area contributed by atoms with Crippen LogP contribution in [0.1, 0.15) is 19.8 Å². The van der Waals surface area contributed by atoms with Crippen LogP contribution in [-0.2, 0) is 19.1 Å². The van der Waals surface area contributed by atoms with Crippen molar-refractivity contribution in [1.29, 1.82) is 0 Å². The first-order valence-electron chi connectivity index (χ1n) is 5.45. The summed E-state index contributed by atoms with van der Waals surface area (Å²) in [5, 5.41) is 2.78. The van der Waals surface area contributed by atoms with E-state index < -0.39 is 6.29 Å². The minimum atomic E-state index is -0.623. The highest BCUT2D eigenvalue weighted by atomic mass is 16.7. The molecule has 2 rings (SSSR count). The lowest BCUT2D eigenvalue weighted by Gasteiger charge is -2.22. The molecule has 2 aliphatic heterocycles. The molecule has 0 aromatic rings. The third-order valence-electron chi connectivity index (χ3n) is 2.79. The maximum atomic E-state index is 11.4. The van der Waals surface area contributed by atoms with Crippen molar-refractivity contribution in [2.45, 2.75) is 26.1 Å². The second kappa shape index (κ2) is 4.65. The molecule has 5 heteroatoms. The van der Waals surface area contributed by atoms with Gasteiger partial charge in [0.15, 0.2) is 0 Å². The van der Waals surface area contributed by atoms with Crippen LogP contribution in [0.2, 0.25) is 0 Å². The molecule has 5 nitrogen and oxygen atoms in total. The molecule has 0 saturated carbocycles. The Morgan fingerprint density at radius 1 is 1.56 bits per heavy atom. The highest BCUT2D eigenvalue weighted by Crippen LogP contribution is 2.17.